The Morgan fingerprint density at radius 3 is 2.67 bits per heavy atom. The van der Waals surface area contributed by atoms with Crippen LogP contribution in [0.5, 0.6) is 0 Å². The number of carbonyl (C=O) groups excluding carboxylic acids is 1. The summed E-state index contributed by atoms with van der Waals surface area (Å²) in [6.45, 7) is 3.62. The fourth-order valence-electron chi connectivity index (χ4n) is 2.01. The second-order valence-electron chi connectivity index (χ2n) is 4.73. The van der Waals surface area contributed by atoms with E-state index in [-0.39, 0.29) is 6.61 Å². The molecule has 2 aromatic rings. The first-order valence-electron chi connectivity index (χ1n) is 6.67. The van der Waals surface area contributed by atoms with Crippen molar-refractivity contribution >= 4 is 11.7 Å². The van der Waals surface area contributed by atoms with Crippen molar-refractivity contribution < 1.29 is 13.9 Å². The van der Waals surface area contributed by atoms with Gasteiger partial charge in [0.1, 0.15) is 5.82 Å². The van der Waals surface area contributed by atoms with Gasteiger partial charge in [0, 0.05) is 17.4 Å². The third kappa shape index (κ3) is 3.37. The predicted octanol–water partition coefficient (Wildman–Crippen LogP) is 3.11. The molecule has 1 atom stereocenters. The van der Waals surface area contributed by atoms with Gasteiger partial charge in [-0.1, -0.05) is 18.2 Å². The van der Waals surface area contributed by atoms with Crippen molar-refractivity contribution in [2.45, 2.75) is 19.4 Å². The van der Waals surface area contributed by atoms with Gasteiger partial charge in [0.15, 0.2) is 5.54 Å². The SMILES string of the molecule is CCOC(=O)C(C)(Nc1ccccc1)c1cncc(F)c1. The maximum atomic E-state index is 13.4. The Morgan fingerprint density at radius 1 is 1.33 bits per heavy atom. The smallest absolute Gasteiger partial charge is 0.336 e. The molecule has 1 aromatic heterocycles. The van der Waals surface area contributed by atoms with Crippen molar-refractivity contribution in [2.75, 3.05) is 11.9 Å². The molecule has 0 saturated carbocycles. The van der Waals surface area contributed by atoms with Gasteiger partial charge in [0.25, 0.3) is 0 Å². The molecule has 2 rings (SSSR count). The Bertz CT molecular complexity index is 619. The van der Waals surface area contributed by atoms with Gasteiger partial charge in [-0.15, -0.1) is 0 Å². The van der Waals surface area contributed by atoms with Gasteiger partial charge in [0.2, 0.25) is 0 Å². The number of anilines is 1. The first-order valence-corrected chi connectivity index (χ1v) is 6.67. The zero-order valence-electron chi connectivity index (χ0n) is 12.0. The van der Waals surface area contributed by atoms with Crippen molar-refractivity contribution in [1.29, 1.82) is 0 Å². The molecule has 110 valence electrons. The van der Waals surface area contributed by atoms with Crippen molar-refractivity contribution in [1.82, 2.24) is 4.98 Å². The summed E-state index contributed by atoms with van der Waals surface area (Å²) in [6, 6.07) is 10.5. The number of esters is 1. The Morgan fingerprint density at radius 2 is 2.05 bits per heavy atom. The van der Waals surface area contributed by atoms with Crippen LogP contribution in [0, 0.1) is 5.82 Å². The minimum absolute atomic E-state index is 0.244. The molecule has 21 heavy (non-hydrogen) atoms. The van der Waals surface area contributed by atoms with Crippen LogP contribution in [0.1, 0.15) is 19.4 Å². The Kier molecular flexibility index (Phi) is 4.52. The van der Waals surface area contributed by atoms with Crippen LogP contribution in [0.25, 0.3) is 0 Å². The van der Waals surface area contributed by atoms with E-state index >= 15 is 0 Å². The van der Waals surface area contributed by atoms with E-state index in [9.17, 15) is 9.18 Å². The molecular weight excluding hydrogens is 271 g/mol. The summed E-state index contributed by atoms with van der Waals surface area (Å²) in [7, 11) is 0. The number of halogens is 1. The molecule has 0 aliphatic heterocycles. The number of nitrogens with one attached hydrogen (secondary N) is 1. The molecule has 0 saturated heterocycles. The van der Waals surface area contributed by atoms with Crippen molar-refractivity contribution in [3.05, 3.63) is 60.2 Å². The normalized spacial score (nSPS) is 13.3. The van der Waals surface area contributed by atoms with Crippen LogP contribution in [-0.4, -0.2) is 17.6 Å². The third-order valence-electron chi connectivity index (χ3n) is 3.13. The highest BCUT2D eigenvalue weighted by Crippen LogP contribution is 2.27. The largest absolute Gasteiger partial charge is 0.464 e. The summed E-state index contributed by atoms with van der Waals surface area (Å²) < 4.78 is 18.6. The molecule has 0 aliphatic carbocycles. The van der Waals surface area contributed by atoms with E-state index in [0.29, 0.717) is 5.56 Å². The Balaban J connectivity index is 2.41. The van der Waals surface area contributed by atoms with Crippen LogP contribution < -0.4 is 5.32 Å². The van der Waals surface area contributed by atoms with Crippen molar-refractivity contribution in [3.8, 4) is 0 Å². The maximum absolute atomic E-state index is 13.4. The molecule has 1 aromatic carbocycles. The number of pyridine rings is 1. The lowest BCUT2D eigenvalue weighted by Gasteiger charge is -2.29. The zero-order chi connectivity index (χ0) is 15.3. The number of para-hydroxylation sites is 1. The highest BCUT2D eigenvalue weighted by Gasteiger charge is 2.37. The first kappa shape index (κ1) is 15.0. The molecule has 1 unspecified atom stereocenters. The number of hydrogen-bond acceptors (Lipinski definition) is 4. The van der Waals surface area contributed by atoms with Gasteiger partial charge in [-0.05, 0) is 32.0 Å². The molecule has 1 heterocycles. The molecule has 0 amide bonds. The Labute approximate surface area is 123 Å². The molecule has 4 nitrogen and oxygen atoms in total. The number of carbonyl (C=O) groups is 1. The average molecular weight is 288 g/mol. The molecular formula is C16H17FN2O2. The number of hydrogen-bond donors (Lipinski definition) is 1. The van der Waals surface area contributed by atoms with Gasteiger partial charge in [-0.2, -0.15) is 0 Å². The van der Waals surface area contributed by atoms with E-state index < -0.39 is 17.3 Å². The summed E-state index contributed by atoms with van der Waals surface area (Å²) in [5, 5.41) is 3.10. The zero-order valence-corrected chi connectivity index (χ0v) is 12.0. The molecule has 0 bridgehead atoms. The first-order chi connectivity index (χ1) is 10.1. The average Bonchev–Trinajstić information content (AvgIpc) is 2.48. The quantitative estimate of drug-likeness (QED) is 0.859. The van der Waals surface area contributed by atoms with Crippen LogP contribution >= 0.6 is 0 Å². The fraction of sp³-hybridized carbons (Fsp3) is 0.250. The van der Waals surface area contributed by atoms with E-state index in [4.69, 9.17) is 4.74 Å². The van der Waals surface area contributed by atoms with Crippen LogP contribution in [0.2, 0.25) is 0 Å². The Hall–Kier alpha value is -2.43. The van der Waals surface area contributed by atoms with E-state index in [1.807, 2.05) is 30.3 Å². The molecule has 0 radical (unpaired) electrons. The molecule has 0 spiro atoms. The van der Waals surface area contributed by atoms with Crippen LogP contribution in [0.3, 0.4) is 0 Å². The second-order valence-corrected chi connectivity index (χ2v) is 4.73. The molecule has 5 heteroatoms. The minimum atomic E-state index is -1.22. The topological polar surface area (TPSA) is 51.2 Å². The van der Waals surface area contributed by atoms with E-state index in [1.54, 1.807) is 13.8 Å². The highest BCUT2D eigenvalue weighted by molar-refractivity contribution is 5.85. The van der Waals surface area contributed by atoms with Gasteiger partial charge in [-0.25, -0.2) is 9.18 Å². The fourth-order valence-corrected chi connectivity index (χ4v) is 2.01. The summed E-state index contributed by atoms with van der Waals surface area (Å²) in [5.41, 5.74) is -0.0750. The van der Waals surface area contributed by atoms with Crippen molar-refractivity contribution in [2.24, 2.45) is 0 Å². The number of nitrogens with zero attached hydrogens (tertiary/aromatic N) is 1. The summed E-state index contributed by atoms with van der Waals surface area (Å²) in [4.78, 5) is 16.2. The monoisotopic (exact) mass is 288 g/mol. The maximum Gasteiger partial charge on any atom is 0.336 e. The second kappa shape index (κ2) is 6.35. The number of rotatable bonds is 5. The van der Waals surface area contributed by atoms with E-state index in [0.717, 1.165) is 11.9 Å². The predicted molar refractivity (Wildman–Crippen MR) is 78.2 cm³/mol. The molecule has 0 fully saturated rings. The van der Waals surface area contributed by atoms with Crippen LogP contribution in [0.4, 0.5) is 10.1 Å². The van der Waals surface area contributed by atoms with Crippen molar-refractivity contribution in [3.63, 3.8) is 0 Å². The summed E-state index contributed by atoms with van der Waals surface area (Å²) in [6.07, 6.45) is 2.55. The number of aromatic nitrogens is 1. The minimum Gasteiger partial charge on any atom is -0.464 e. The lowest BCUT2D eigenvalue weighted by Crippen LogP contribution is -2.42. The van der Waals surface area contributed by atoms with Gasteiger partial charge < -0.3 is 10.1 Å². The highest BCUT2D eigenvalue weighted by atomic mass is 19.1. The number of benzene rings is 1. The van der Waals surface area contributed by atoms with E-state index in [1.165, 1.54) is 12.3 Å². The molecule has 0 aliphatic rings. The lowest BCUT2D eigenvalue weighted by molar-refractivity contribution is -0.148. The molecule has 1 N–H and O–H groups in total. The lowest BCUT2D eigenvalue weighted by atomic mass is 9.93. The van der Waals surface area contributed by atoms with E-state index in [2.05, 4.69) is 10.3 Å². The van der Waals surface area contributed by atoms with Gasteiger partial charge in [0.05, 0.1) is 12.8 Å². The van der Waals surface area contributed by atoms with Crippen LogP contribution in [0.15, 0.2) is 48.8 Å². The standard InChI is InChI=1S/C16H17FN2O2/c1-3-21-15(20)16(2,12-9-13(17)11-18-10-12)19-14-7-5-4-6-8-14/h4-11,19H,3H2,1-2H3. The summed E-state index contributed by atoms with van der Waals surface area (Å²) >= 11 is 0. The third-order valence-corrected chi connectivity index (χ3v) is 3.13. The van der Waals surface area contributed by atoms with Gasteiger partial charge in [-0.3, -0.25) is 4.98 Å². The van der Waals surface area contributed by atoms with Crippen LogP contribution in [-0.2, 0) is 15.1 Å². The summed E-state index contributed by atoms with van der Waals surface area (Å²) in [5.74, 6) is -0.987. The number of ether oxygens (including phenoxy) is 1. The van der Waals surface area contributed by atoms with Gasteiger partial charge >= 0.3 is 5.97 Å².